The Morgan fingerprint density at radius 3 is 2.83 bits per heavy atom. The van der Waals surface area contributed by atoms with Crippen LogP contribution in [-0.4, -0.2) is 63.6 Å². The molecule has 0 spiro atoms. The summed E-state index contributed by atoms with van der Waals surface area (Å²) in [5.41, 5.74) is 0. The third-order valence-electron chi connectivity index (χ3n) is 5.41. The summed E-state index contributed by atoms with van der Waals surface area (Å²) in [5, 5.41) is 0. The van der Waals surface area contributed by atoms with Gasteiger partial charge in [-0.1, -0.05) is 6.92 Å². The number of imidazole rings is 1. The van der Waals surface area contributed by atoms with Gasteiger partial charge in [0.05, 0.1) is 18.2 Å². The van der Waals surface area contributed by atoms with Gasteiger partial charge in [0.15, 0.2) is 0 Å². The number of amides is 1. The normalized spacial score (nSPS) is 28.5. The van der Waals surface area contributed by atoms with Crippen molar-refractivity contribution in [3.05, 3.63) is 18.2 Å². The molecule has 1 aromatic heterocycles. The van der Waals surface area contributed by atoms with Crippen LogP contribution in [0.25, 0.3) is 0 Å². The van der Waals surface area contributed by atoms with Crippen LogP contribution in [0.1, 0.15) is 51.4 Å². The summed E-state index contributed by atoms with van der Waals surface area (Å²) in [4.78, 5) is 21.6. The largest absolute Gasteiger partial charge is 0.375 e. The van der Waals surface area contributed by atoms with Gasteiger partial charge < -0.3 is 14.2 Å². The van der Waals surface area contributed by atoms with Crippen LogP contribution < -0.4 is 0 Å². The van der Waals surface area contributed by atoms with Crippen LogP contribution in [-0.2, 0) is 16.6 Å². The van der Waals surface area contributed by atoms with Crippen LogP contribution in [0, 0.1) is 0 Å². The third-order valence-corrected chi connectivity index (χ3v) is 5.41. The maximum absolute atomic E-state index is 12.7. The van der Waals surface area contributed by atoms with E-state index in [-0.39, 0.29) is 18.1 Å². The standard InChI is InChI=1S/C18H30N4O2/c1-4-21-11-12-22(13-16(21)18-19-9-10-20(18)3)17(23)8-7-15-6-5-14(2)24-15/h9-10,14-16H,4-8,11-13H2,1-3H3/t14-,15+,16-/m1/s1. The number of ether oxygens (including phenoxy) is 1. The minimum atomic E-state index is 0.190. The molecule has 3 atom stereocenters. The van der Waals surface area contributed by atoms with Crippen molar-refractivity contribution in [2.45, 2.75) is 57.8 Å². The molecule has 2 aliphatic rings. The Hall–Kier alpha value is -1.40. The molecule has 3 rings (SSSR count). The molecule has 0 aliphatic carbocycles. The molecular formula is C18H30N4O2. The van der Waals surface area contributed by atoms with E-state index in [1.54, 1.807) is 0 Å². The monoisotopic (exact) mass is 334 g/mol. The van der Waals surface area contributed by atoms with Gasteiger partial charge in [-0.15, -0.1) is 0 Å². The van der Waals surface area contributed by atoms with Crippen LogP contribution in [0.4, 0.5) is 0 Å². The number of likely N-dealkylation sites (N-methyl/N-ethyl adjacent to an activating group) is 1. The van der Waals surface area contributed by atoms with Gasteiger partial charge in [0.1, 0.15) is 5.82 Å². The lowest BCUT2D eigenvalue weighted by atomic mass is 10.1. The predicted octanol–water partition coefficient (Wildman–Crippen LogP) is 1.97. The first kappa shape index (κ1) is 17.4. The molecule has 6 nitrogen and oxygen atoms in total. The summed E-state index contributed by atoms with van der Waals surface area (Å²) >= 11 is 0. The van der Waals surface area contributed by atoms with Crippen molar-refractivity contribution in [3.8, 4) is 0 Å². The van der Waals surface area contributed by atoms with Crippen molar-refractivity contribution < 1.29 is 9.53 Å². The van der Waals surface area contributed by atoms with Gasteiger partial charge in [0.2, 0.25) is 5.91 Å². The Bertz CT molecular complexity index is 559. The lowest BCUT2D eigenvalue weighted by molar-refractivity contribution is -0.135. The summed E-state index contributed by atoms with van der Waals surface area (Å²) in [6.45, 7) is 7.73. The quantitative estimate of drug-likeness (QED) is 0.826. The summed E-state index contributed by atoms with van der Waals surface area (Å²) in [7, 11) is 2.02. The molecule has 2 saturated heterocycles. The molecule has 3 heterocycles. The van der Waals surface area contributed by atoms with Gasteiger partial charge in [-0.2, -0.15) is 0 Å². The number of aryl methyl sites for hydroxylation is 1. The average molecular weight is 334 g/mol. The maximum Gasteiger partial charge on any atom is 0.222 e. The average Bonchev–Trinajstić information content (AvgIpc) is 3.20. The molecule has 2 fully saturated rings. The minimum absolute atomic E-state index is 0.190. The zero-order valence-corrected chi connectivity index (χ0v) is 15.1. The number of nitrogens with zero attached hydrogens (tertiary/aromatic N) is 4. The fourth-order valence-electron chi connectivity index (χ4n) is 3.91. The summed E-state index contributed by atoms with van der Waals surface area (Å²) in [6, 6.07) is 0.190. The first-order chi connectivity index (χ1) is 11.6. The number of piperazine rings is 1. The van der Waals surface area contributed by atoms with Gasteiger partial charge in [-0.05, 0) is 32.7 Å². The number of hydrogen-bond acceptors (Lipinski definition) is 4. The molecule has 0 unspecified atom stereocenters. The van der Waals surface area contributed by atoms with Crippen molar-refractivity contribution >= 4 is 5.91 Å². The fourth-order valence-corrected chi connectivity index (χ4v) is 3.91. The third kappa shape index (κ3) is 3.81. The van der Waals surface area contributed by atoms with Gasteiger partial charge >= 0.3 is 0 Å². The topological polar surface area (TPSA) is 50.6 Å². The van der Waals surface area contributed by atoms with E-state index < -0.39 is 0 Å². The van der Waals surface area contributed by atoms with Gasteiger partial charge in [0.25, 0.3) is 0 Å². The molecule has 24 heavy (non-hydrogen) atoms. The Labute approximate surface area is 144 Å². The van der Waals surface area contributed by atoms with Crippen LogP contribution >= 0.6 is 0 Å². The zero-order valence-electron chi connectivity index (χ0n) is 15.1. The number of carbonyl (C=O) groups excluding carboxylic acids is 1. The Balaban J connectivity index is 1.58. The van der Waals surface area contributed by atoms with Crippen LogP contribution in [0.5, 0.6) is 0 Å². The highest BCUT2D eigenvalue weighted by atomic mass is 16.5. The Morgan fingerprint density at radius 1 is 1.38 bits per heavy atom. The Kier molecular flexibility index (Phi) is 5.56. The predicted molar refractivity (Wildman–Crippen MR) is 92.6 cm³/mol. The number of hydrogen-bond donors (Lipinski definition) is 0. The summed E-state index contributed by atoms with van der Waals surface area (Å²) in [5.74, 6) is 1.30. The van der Waals surface area contributed by atoms with E-state index in [0.29, 0.717) is 12.5 Å². The fraction of sp³-hybridized carbons (Fsp3) is 0.778. The molecule has 134 valence electrons. The molecule has 6 heteroatoms. The van der Waals surface area contributed by atoms with Crippen molar-refractivity contribution in [3.63, 3.8) is 0 Å². The SMILES string of the molecule is CCN1CCN(C(=O)CC[C@@H]2CC[C@@H](C)O2)C[C@@H]1c1nccn1C. The first-order valence-corrected chi connectivity index (χ1v) is 9.23. The molecule has 0 radical (unpaired) electrons. The highest BCUT2D eigenvalue weighted by Gasteiger charge is 2.32. The number of aromatic nitrogens is 2. The second-order valence-corrected chi connectivity index (χ2v) is 7.07. The van der Waals surface area contributed by atoms with E-state index in [1.165, 1.54) is 0 Å². The highest BCUT2D eigenvalue weighted by molar-refractivity contribution is 5.76. The molecule has 0 N–H and O–H groups in total. The second-order valence-electron chi connectivity index (χ2n) is 7.07. The lowest BCUT2D eigenvalue weighted by Crippen LogP contribution is -2.51. The van der Waals surface area contributed by atoms with Crippen molar-refractivity contribution in [1.82, 2.24) is 19.4 Å². The van der Waals surface area contributed by atoms with E-state index in [0.717, 1.165) is 51.3 Å². The lowest BCUT2D eigenvalue weighted by Gasteiger charge is -2.40. The van der Waals surface area contributed by atoms with E-state index >= 15 is 0 Å². The molecule has 1 aromatic rings. The van der Waals surface area contributed by atoms with E-state index in [2.05, 4.69) is 28.3 Å². The van der Waals surface area contributed by atoms with Gasteiger partial charge in [-0.3, -0.25) is 9.69 Å². The van der Waals surface area contributed by atoms with E-state index in [9.17, 15) is 4.79 Å². The van der Waals surface area contributed by atoms with Crippen LogP contribution in [0.3, 0.4) is 0 Å². The minimum Gasteiger partial charge on any atom is -0.375 e. The van der Waals surface area contributed by atoms with Gasteiger partial charge in [-0.25, -0.2) is 4.98 Å². The number of carbonyl (C=O) groups is 1. The van der Waals surface area contributed by atoms with Crippen molar-refractivity contribution in [2.75, 3.05) is 26.2 Å². The Morgan fingerprint density at radius 2 is 2.21 bits per heavy atom. The zero-order chi connectivity index (χ0) is 17.1. The maximum atomic E-state index is 12.7. The molecule has 0 aromatic carbocycles. The second kappa shape index (κ2) is 7.66. The van der Waals surface area contributed by atoms with Gasteiger partial charge in [0, 0.05) is 45.5 Å². The molecular weight excluding hydrogens is 304 g/mol. The number of rotatable bonds is 5. The van der Waals surface area contributed by atoms with E-state index in [4.69, 9.17) is 4.74 Å². The van der Waals surface area contributed by atoms with Crippen LogP contribution in [0.15, 0.2) is 12.4 Å². The van der Waals surface area contributed by atoms with E-state index in [1.807, 2.05) is 24.3 Å². The summed E-state index contributed by atoms with van der Waals surface area (Å²) < 4.78 is 7.90. The molecule has 0 saturated carbocycles. The first-order valence-electron chi connectivity index (χ1n) is 9.23. The van der Waals surface area contributed by atoms with Crippen LogP contribution in [0.2, 0.25) is 0 Å². The van der Waals surface area contributed by atoms with Crippen molar-refractivity contribution in [1.29, 1.82) is 0 Å². The summed E-state index contributed by atoms with van der Waals surface area (Å²) in [6.07, 6.45) is 8.09. The molecule has 1 amide bonds. The smallest absolute Gasteiger partial charge is 0.222 e. The molecule has 2 aliphatic heterocycles. The molecule has 0 bridgehead atoms. The van der Waals surface area contributed by atoms with Crippen molar-refractivity contribution in [2.24, 2.45) is 7.05 Å². The highest BCUT2D eigenvalue weighted by Crippen LogP contribution is 2.26.